The number of alkyl halides is 1. The molecule has 3 heteroatoms. The number of hydrogen-bond acceptors (Lipinski definition) is 2. The minimum absolute atomic E-state index is 0.539. The summed E-state index contributed by atoms with van der Waals surface area (Å²) in [6, 6.07) is 1.15. The van der Waals surface area contributed by atoms with Crippen LogP contribution in [-0.4, -0.2) is 23.8 Å². The molecule has 2 rings (SSSR count). The van der Waals surface area contributed by atoms with Crippen molar-refractivity contribution in [3.05, 3.63) is 0 Å². The molecule has 11 heavy (non-hydrogen) atoms. The van der Waals surface area contributed by atoms with Crippen LogP contribution in [0.1, 0.15) is 25.7 Å². The molecule has 2 nitrogen and oxygen atoms in total. The van der Waals surface area contributed by atoms with Crippen molar-refractivity contribution in [2.45, 2.75) is 37.8 Å². The molecule has 1 aliphatic heterocycles. The average molecular weight is 173 g/mol. The number of amidine groups is 1. The van der Waals surface area contributed by atoms with E-state index in [2.05, 4.69) is 10.3 Å². The van der Waals surface area contributed by atoms with Crippen LogP contribution in [0.25, 0.3) is 0 Å². The zero-order valence-corrected chi connectivity index (χ0v) is 7.27. The quantitative estimate of drug-likeness (QED) is 0.597. The van der Waals surface area contributed by atoms with Gasteiger partial charge in [-0.25, -0.2) is 0 Å². The molecule has 0 amide bonds. The fourth-order valence-corrected chi connectivity index (χ4v) is 2.10. The second-order valence-corrected chi connectivity index (χ2v) is 3.58. The van der Waals surface area contributed by atoms with Gasteiger partial charge < -0.3 is 5.32 Å². The Morgan fingerprint density at radius 3 is 3.00 bits per heavy atom. The van der Waals surface area contributed by atoms with Gasteiger partial charge >= 0.3 is 0 Å². The summed E-state index contributed by atoms with van der Waals surface area (Å²) in [4.78, 5) is 4.50. The molecule has 0 aromatic carbocycles. The monoisotopic (exact) mass is 172 g/mol. The van der Waals surface area contributed by atoms with Crippen LogP contribution >= 0.6 is 11.6 Å². The van der Waals surface area contributed by atoms with E-state index in [1.165, 1.54) is 25.7 Å². The molecule has 1 aliphatic carbocycles. The summed E-state index contributed by atoms with van der Waals surface area (Å²) in [5, 5.41) is 3.36. The number of aliphatic imine (C=N–C) groups is 1. The fraction of sp³-hybridized carbons (Fsp3) is 0.875. The Morgan fingerprint density at radius 2 is 2.27 bits per heavy atom. The van der Waals surface area contributed by atoms with Crippen molar-refractivity contribution < 1.29 is 0 Å². The molecular formula is C8H13ClN2. The Morgan fingerprint density at radius 1 is 1.45 bits per heavy atom. The smallest absolute Gasteiger partial charge is 0.112 e. The van der Waals surface area contributed by atoms with E-state index in [0.717, 1.165) is 5.84 Å². The Bertz CT molecular complexity index is 179. The van der Waals surface area contributed by atoms with Gasteiger partial charge in [-0.05, 0) is 12.8 Å². The summed E-state index contributed by atoms with van der Waals surface area (Å²) < 4.78 is 0. The maximum atomic E-state index is 5.68. The normalized spacial score (nSPS) is 35.9. The summed E-state index contributed by atoms with van der Waals surface area (Å²) in [6.45, 7) is 0. The zero-order valence-electron chi connectivity index (χ0n) is 6.52. The topological polar surface area (TPSA) is 24.4 Å². The van der Waals surface area contributed by atoms with Gasteiger partial charge in [0.05, 0.1) is 11.9 Å². The van der Waals surface area contributed by atoms with Gasteiger partial charge in [-0.3, -0.25) is 4.99 Å². The molecule has 0 radical (unpaired) electrons. The third-order valence-corrected chi connectivity index (χ3v) is 2.78. The second-order valence-electron chi connectivity index (χ2n) is 3.31. The average Bonchev–Trinajstić information content (AvgIpc) is 2.46. The summed E-state index contributed by atoms with van der Waals surface area (Å²) in [7, 11) is 0. The van der Waals surface area contributed by atoms with Crippen molar-refractivity contribution in [1.29, 1.82) is 0 Å². The van der Waals surface area contributed by atoms with E-state index in [0.29, 0.717) is 18.0 Å². The summed E-state index contributed by atoms with van der Waals surface area (Å²) >= 11 is 5.68. The van der Waals surface area contributed by atoms with Crippen LogP contribution in [0.2, 0.25) is 0 Å². The van der Waals surface area contributed by atoms with Crippen LogP contribution in [-0.2, 0) is 0 Å². The van der Waals surface area contributed by atoms with Crippen molar-refractivity contribution in [3.63, 3.8) is 0 Å². The Kier molecular flexibility index (Phi) is 2.03. The first-order valence-electron chi connectivity index (χ1n) is 4.29. The van der Waals surface area contributed by atoms with Crippen molar-refractivity contribution in [2.75, 3.05) is 5.88 Å². The predicted molar refractivity (Wildman–Crippen MR) is 47.3 cm³/mol. The van der Waals surface area contributed by atoms with E-state index >= 15 is 0 Å². The molecule has 0 spiro atoms. The molecule has 0 unspecified atom stereocenters. The first-order chi connectivity index (χ1) is 5.40. The molecule has 1 saturated carbocycles. The summed E-state index contributed by atoms with van der Waals surface area (Å²) in [5.41, 5.74) is 0. The van der Waals surface area contributed by atoms with Crippen molar-refractivity contribution in [1.82, 2.24) is 5.32 Å². The highest BCUT2D eigenvalue weighted by molar-refractivity contribution is 6.28. The van der Waals surface area contributed by atoms with Crippen LogP contribution in [0.4, 0.5) is 0 Å². The number of hydrogen-bond donors (Lipinski definition) is 1. The van der Waals surface area contributed by atoms with Crippen molar-refractivity contribution in [3.8, 4) is 0 Å². The lowest BCUT2D eigenvalue weighted by molar-refractivity contribution is 0.384. The van der Waals surface area contributed by atoms with Crippen LogP contribution in [0.15, 0.2) is 4.99 Å². The first kappa shape index (κ1) is 7.41. The molecule has 2 aliphatic rings. The first-order valence-corrected chi connectivity index (χ1v) is 4.83. The van der Waals surface area contributed by atoms with Gasteiger partial charge in [0.1, 0.15) is 5.84 Å². The van der Waals surface area contributed by atoms with Crippen LogP contribution in [0.5, 0.6) is 0 Å². The standard InChI is InChI=1S/C8H13ClN2/c9-5-8-10-6-3-1-2-4-7(6)11-8/h6-7H,1-5H2,(H,10,11)/t6-,7-/m1/s1. The molecule has 0 saturated heterocycles. The lowest BCUT2D eigenvalue weighted by atomic mass is 9.92. The number of fused-ring (bicyclic) bond motifs is 1. The molecular weight excluding hydrogens is 160 g/mol. The Labute approximate surface area is 72.0 Å². The highest BCUT2D eigenvalue weighted by Gasteiger charge is 2.29. The molecule has 62 valence electrons. The number of nitrogens with zero attached hydrogens (tertiary/aromatic N) is 1. The molecule has 1 fully saturated rings. The maximum absolute atomic E-state index is 5.68. The highest BCUT2D eigenvalue weighted by Crippen LogP contribution is 2.24. The maximum Gasteiger partial charge on any atom is 0.112 e. The van der Waals surface area contributed by atoms with Crippen molar-refractivity contribution in [2.24, 2.45) is 4.99 Å². The van der Waals surface area contributed by atoms with Gasteiger partial charge in [0.25, 0.3) is 0 Å². The number of halogens is 1. The van der Waals surface area contributed by atoms with Gasteiger partial charge in [-0.1, -0.05) is 12.8 Å². The largest absolute Gasteiger partial charge is 0.368 e. The summed E-state index contributed by atoms with van der Waals surface area (Å²) in [6.07, 6.45) is 5.20. The van der Waals surface area contributed by atoms with E-state index in [4.69, 9.17) is 11.6 Å². The van der Waals surface area contributed by atoms with E-state index < -0.39 is 0 Å². The van der Waals surface area contributed by atoms with E-state index in [1.807, 2.05) is 0 Å². The van der Waals surface area contributed by atoms with Crippen LogP contribution in [0.3, 0.4) is 0 Å². The zero-order chi connectivity index (χ0) is 7.68. The fourth-order valence-electron chi connectivity index (χ4n) is 1.96. The SMILES string of the molecule is ClCC1=N[C@@H]2CCCC[C@H]2N1. The van der Waals surface area contributed by atoms with Gasteiger partial charge in [-0.15, -0.1) is 11.6 Å². The minimum Gasteiger partial charge on any atom is -0.368 e. The predicted octanol–water partition coefficient (Wildman–Crippen LogP) is 1.54. The molecule has 1 heterocycles. The molecule has 1 N–H and O–H groups in total. The Balaban J connectivity index is 2.02. The third-order valence-electron chi connectivity index (χ3n) is 2.53. The van der Waals surface area contributed by atoms with Gasteiger partial charge in [0, 0.05) is 6.04 Å². The van der Waals surface area contributed by atoms with Crippen LogP contribution in [0, 0.1) is 0 Å². The number of rotatable bonds is 1. The van der Waals surface area contributed by atoms with Gasteiger partial charge in [0.2, 0.25) is 0 Å². The number of nitrogens with one attached hydrogen (secondary N) is 1. The lowest BCUT2D eigenvalue weighted by Gasteiger charge is -2.23. The molecule has 2 atom stereocenters. The molecule has 0 bridgehead atoms. The lowest BCUT2D eigenvalue weighted by Crippen LogP contribution is -2.37. The molecule has 0 aromatic rings. The van der Waals surface area contributed by atoms with E-state index in [-0.39, 0.29) is 0 Å². The molecule has 0 aromatic heterocycles. The summed E-state index contributed by atoms with van der Waals surface area (Å²) in [5.74, 6) is 1.55. The van der Waals surface area contributed by atoms with Gasteiger partial charge in [-0.2, -0.15) is 0 Å². The van der Waals surface area contributed by atoms with Crippen LogP contribution < -0.4 is 5.32 Å². The van der Waals surface area contributed by atoms with E-state index in [1.54, 1.807) is 0 Å². The van der Waals surface area contributed by atoms with E-state index in [9.17, 15) is 0 Å². The third kappa shape index (κ3) is 1.36. The highest BCUT2D eigenvalue weighted by atomic mass is 35.5. The Hall–Kier alpha value is -0.240. The van der Waals surface area contributed by atoms with Crippen molar-refractivity contribution >= 4 is 17.4 Å². The second kappa shape index (κ2) is 3.02. The minimum atomic E-state index is 0.539. The van der Waals surface area contributed by atoms with Gasteiger partial charge in [0.15, 0.2) is 0 Å².